The molecule has 0 saturated heterocycles. The van der Waals surface area contributed by atoms with Gasteiger partial charge in [-0.25, -0.2) is 4.98 Å². The highest BCUT2D eigenvalue weighted by molar-refractivity contribution is 7.22. The predicted molar refractivity (Wildman–Crippen MR) is 121 cm³/mol. The molecule has 1 heterocycles. The zero-order chi connectivity index (χ0) is 20.8. The molecule has 1 aromatic heterocycles. The summed E-state index contributed by atoms with van der Waals surface area (Å²) in [4.78, 5) is 21.8. The molecule has 0 unspecified atom stereocenters. The number of rotatable bonds is 9. The van der Waals surface area contributed by atoms with Crippen molar-refractivity contribution in [3.8, 4) is 5.75 Å². The van der Waals surface area contributed by atoms with Gasteiger partial charge >= 0.3 is 0 Å². The lowest BCUT2D eigenvalue weighted by Crippen LogP contribution is -2.41. The van der Waals surface area contributed by atoms with Crippen LogP contribution in [0.25, 0.3) is 10.2 Å². The summed E-state index contributed by atoms with van der Waals surface area (Å²) in [5.41, 5.74) is 1.85. The van der Waals surface area contributed by atoms with Gasteiger partial charge in [0, 0.05) is 18.1 Å². The molecule has 1 amide bonds. The second-order valence-corrected chi connectivity index (χ2v) is 8.18. The normalized spacial score (nSPS) is 11.2. The third-order valence-corrected chi connectivity index (χ3v) is 6.13. The molecule has 29 heavy (non-hydrogen) atoms. The third-order valence-electron chi connectivity index (χ3n) is 4.85. The number of nitrogens with zero attached hydrogens (tertiary/aromatic N) is 3. The van der Waals surface area contributed by atoms with E-state index in [9.17, 15) is 4.79 Å². The number of thiazole rings is 1. The summed E-state index contributed by atoms with van der Waals surface area (Å²) < 4.78 is 6.77. The van der Waals surface area contributed by atoms with Crippen molar-refractivity contribution in [1.82, 2.24) is 9.88 Å². The molecule has 3 rings (SSSR count). The van der Waals surface area contributed by atoms with Gasteiger partial charge in [0.1, 0.15) is 5.75 Å². The van der Waals surface area contributed by atoms with Gasteiger partial charge in [-0.2, -0.15) is 0 Å². The molecule has 0 aliphatic rings. The van der Waals surface area contributed by atoms with Crippen LogP contribution in [0.1, 0.15) is 19.4 Å². The van der Waals surface area contributed by atoms with Crippen molar-refractivity contribution in [2.24, 2.45) is 0 Å². The lowest BCUT2D eigenvalue weighted by molar-refractivity contribution is -0.120. The standard InChI is InChI=1S/C22H26ClN3O2S/c1-4-25(5-2)12-13-26(21(27)15-28-19-9-7-6-8-16(19)3)22-24-18-11-10-17(23)14-20(18)29-22/h6-11,14H,4-5,12-13,15H2,1-3H3. The van der Waals surface area contributed by atoms with Crippen LogP contribution in [0.15, 0.2) is 42.5 Å². The maximum absolute atomic E-state index is 13.1. The molecule has 5 nitrogen and oxygen atoms in total. The number of carbonyl (C=O) groups excluding carboxylic acids is 1. The Labute approximate surface area is 180 Å². The highest BCUT2D eigenvalue weighted by Gasteiger charge is 2.21. The maximum Gasteiger partial charge on any atom is 0.266 e. The van der Waals surface area contributed by atoms with Gasteiger partial charge in [-0.3, -0.25) is 9.69 Å². The van der Waals surface area contributed by atoms with Crippen molar-refractivity contribution in [2.45, 2.75) is 20.8 Å². The van der Waals surface area contributed by atoms with Crippen molar-refractivity contribution < 1.29 is 9.53 Å². The molecule has 3 aromatic rings. The topological polar surface area (TPSA) is 45.7 Å². The summed E-state index contributed by atoms with van der Waals surface area (Å²) in [7, 11) is 0. The first-order valence-corrected chi connectivity index (χ1v) is 11.0. The summed E-state index contributed by atoms with van der Waals surface area (Å²) in [5.74, 6) is 0.617. The van der Waals surface area contributed by atoms with E-state index in [4.69, 9.17) is 16.3 Å². The predicted octanol–water partition coefficient (Wildman–Crippen LogP) is 5.01. The molecule has 0 radical (unpaired) electrons. The molecule has 0 spiro atoms. The second kappa shape index (κ2) is 10.1. The number of aromatic nitrogens is 1. The molecule has 0 atom stereocenters. The van der Waals surface area contributed by atoms with Gasteiger partial charge < -0.3 is 9.64 Å². The van der Waals surface area contributed by atoms with E-state index in [1.165, 1.54) is 11.3 Å². The number of halogens is 1. The third kappa shape index (κ3) is 5.47. The number of benzene rings is 2. The molecule has 0 saturated carbocycles. The van der Waals surface area contributed by atoms with Crippen molar-refractivity contribution in [1.29, 1.82) is 0 Å². The SMILES string of the molecule is CCN(CC)CCN(C(=O)COc1ccccc1C)c1nc2ccc(Cl)cc2s1. The fourth-order valence-electron chi connectivity index (χ4n) is 3.05. The average molecular weight is 432 g/mol. The number of hydrogen-bond donors (Lipinski definition) is 0. The van der Waals surface area contributed by atoms with Crippen LogP contribution in [0.5, 0.6) is 5.75 Å². The smallest absolute Gasteiger partial charge is 0.266 e. The van der Waals surface area contributed by atoms with Crippen LogP contribution in [0.4, 0.5) is 5.13 Å². The fourth-order valence-corrected chi connectivity index (χ4v) is 4.33. The number of aryl methyl sites for hydroxylation is 1. The molecular formula is C22H26ClN3O2S. The van der Waals surface area contributed by atoms with Crippen LogP contribution < -0.4 is 9.64 Å². The lowest BCUT2D eigenvalue weighted by Gasteiger charge is -2.24. The molecule has 7 heteroatoms. The molecule has 2 aromatic carbocycles. The number of hydrogen-bond acceptors (Lipinski definition) is 5. The Morgan fingerprint density at radius 3 is 2.62 bits per heavy atom. The lowest BCUT2D eigenvalue weighted by atomic mass is 10.2. The second-order valence-electron chi connectivity index (χ2n) is 6.73. The zero-order valence-corrected chi connectivity index (χ0v) is 18.6. The molecule has 0 N–H and O–H groups in total. The van der Waals surface area contributed by atoms with E-state index in [0.717, 1.165) is 41.2 Å². The maximum atomic E-state index is 13.1. The Morgan fingerprint density at radius 2 is 1.90 bits per heavy atom. The minimum absolute atomic E-state index is 0.0280. The van der Waals surface area contributed by atoms with Crippen molar-refractivity contribution >= 4 is 44.2 Å². The largest absolute Gasteiger partial charge is 0.483 e. The van der Waals surface area contributed by atoms with Crippen LogP contribution in [0, 0.1) is 6.92 Å². The quantitative estimate of drug-likeness (QED) is 0.477. The highest BCUT2D eigenvalue weighted by atomic mass is 35.5. The molecular weight excluding hydrogens is 406 g/mol. The minimum atomic E-state index is -0.106. The van der Waals surface area contributed by atoms with Crippen molar-refractivity contribution in [3.63, 3.8) is 0 Å². The molecule has 0 aliphatic heterocycles. The number of ether oxygens (including phenoxy) is 1. The number of fused-ring (bicyclic) bond motifs is 1. The summed E-state index contributed by atoms with van der Waals surface area (Å²) >= 11 is 7.59. The Kier molecular flexibility index (Phi) is 7.47. The first-order valence-electron chi connectivity index (χ1n) is 9.79. The van der Waals surface area contributed by atoms with Gasteiger partial charge in [0.05, 0.1) is 10.2 Å². The first-order chi connectivity index (χ1) is 14.0. The number of anilines is 1. The summed E-state index contributed by atoms with van der Waals surface area (Å²) in [6.07, 6.45) is 0. The summed E-state index contributed by atoms with van der Waals surface area (Å²) in [5, 5.41) is 1.34. The molecule has 0 fully saturated rings. The van der Waals surface area contributed by atoms with E-state index < -0.39 is 0 Å². The molecule has 154 valence electrons. The van der Waals surface area contributed by atoms with Crippen molar-refractivity contribution in [3.05, 3.63) is 53.1 Å². The number of likely N-dealkylation sites (N-methyl/N-ethyl adjacent to an activating group) is 1. The number of carbonyl (C=O) groups is 1. The number of para-hydroxylation sites is 1. The summed E-state index contributed by atoms with van der Waals surface area (Å²) in [6.45, 7) is 9.40. The average Bonchev–Trinajstić information content (AvgIpc) is 3.13. The van der Waals surface area contributed by atoms with Gasteiger partial charge in [0.25, 0.3) is 5.91 Å². The first kappa shape index (κ1) is 21.6. The van der Waals surface area contributed by atoms with Gasteiger partial charge in [-0.05, 0) is 49.8 Å². The van der Waals surface area contributed by atoms with Crippen LogP contribution >= 0.6 is 22.9 Å². The van der Waals surface area contributed by atoms with E-state index in [1.807, 2.05) is 49.4 Å². The number of amides is 1. The van der Waals surface area contributed by atoms with E-state index in [1.54, 1.807) is 4.90 Å². The van der Waals surface area contributed by atoms with Gasteiger partial charge in [0.2, 0.25) is 0 Å². The Balaban J connectivity index is 1.80. The van der Waals surface area contributed by atoms with Gasteiger partial charge in [-0.15, -0.1) is 0 Å². The Bertz CT molecular complexity index is 972. The van der Waals surface area contributed by atoms with Gasteiger partial charge in [0.15, 0.2) is 11.7 Å². The van der Waals surface area contributed by atoms with Crippen LogP contribution in [-0.2, 0) is 4.79 Å². The van der Waals surface area contributed by atoms with Crippen LogP contribution in [-0.4, -0.2) is 48.6 Å². The highest BCUT2D eigenvalue weighted by Crippen LogP contribution is 2.31. The molecule has 0 aliphatic carbocycles. The van der Waals surface area contributed by atoms with Crippen LogP contribution in [0.3, 0.4) is 0 Å². The Hall–Kier alpha value is -2.15. The molecule has 0 bridgehead atoms. The zero-order valence-electron chi connectivity index (χ0n) is 17.0. The van der Waals surface area contributed by atoms with E-state index in [0.29, 0.717) is 16.7 Å². The summed E-state index contributed by atoms with van der Waals surface area (Å²) in [6, 6.07) is 13.3. The van der Waals surface area contributed by atoms with E-state index in [2.05, 4.69) is 23.7 Å². The van der Waals surface area contributed by atoms with Crippen LogP contribution in [0.2, 0.25) is 5.02 Å². The minimum Gasteiger partial charge on any atom is -0.483 e. The van der Waals surface area contributed by atoms with E-state index >= 15 is 0 Å². The van der Waals surface area contributed by atoms with Gasteiger partial charge in [-0.1, -0.05) is 55.0 Å². The monoisotopic (exact) mass is 431 g/mol. The van der Waals surface area contributed by atoms with E-state index in [-0.39, 0.29) is 12.5 Å². The fraction of sp³-hybridized carbons (Fsp3) is 0.364. The Morgan fingerprint density at radius 1 is 1.14 bits per heavy atom. The van der Waals surface area contributed by atoms with Crippen molar-refractivity contribution in [2.75, 3.05) is 37.7 Å².